The molecule has 0 aliphatic carbocycles. The van der Waals surface area contributed by atoms with Gasteiger partial charge in [-0.15, -0.1) is 0 Å². The van der Waals surface area contributed by atoms with E-state index in [0.717, 1.165) is 33.4 Å². The van der Waals surface area contributed by atoms with Crippen LogP contribution in [0, 0.1) is 0 Å². The van der Waals surface area contributed by atoms with E-state index < -0.39 is 0 Å². The third-order valence-corrected chi connectivity index (χ3v) is 5.28. The van der Waals surface area contributed by atoms with E-state index >= 15 is 0 Å². The van der Waals surface area contributed by atoms with Crippen molar-refractivity contribution in [2.24, 2.45) is 10.1 Å². The minimum absolute atomic E-state index is 0.488. The summed E-state index contributed by atoms with van der Waals surface area (Å²) in [6.45, 7) is 0. The van der Waals surface area contributed by atoms with E-state index in [0.29, 0.717) is 10.0 Å². The number of hydrogen-bond acceptors (Lipinski definition) is 3. The summed E-state index contributed by atoms with van der Waals surface area (Å²) in [4.78, 5) is 7.78. The molecule has 0 amide bonds. The number of aliphatic imine (C=N–C) groups is 1. The van der Waals surface area contributed by atoms with Crippen molar-refractivity contribution < 1.29 is 0 Å². The van der Waals surface area contributed by atoms with E-state index in [9.17, 15) is 0 Å². The topological polar surface area (TPSA) is 52.5 Å². The van der Waals surface area contributed by atoms with Crippen molar-refractivity contribution in [3.05, 3.63) is 64.3 Å². The van der Waals surface area contributed by atoms with Gasteiger partial charge >= 0.3 is 0 Å². The molecule has 0 unspecified atom stereocenters. The lowest BCUT2D eigenvalue weighted by Crippen LogP contribution is -2.25. The molecule has 3 aromatic rings. The first-order valence-corrected chi connectivity index (χ1v) is 9.00. The normalized spacial score (nSPS) is 16.2. The van der Waals surface area contributed by atoms with Crippen LogP contribution in [0.3, 0.4) is 0 Å². The molecule has 0 saturated heterocycles. The monoisotopic (exact) mass is 374 g/mol. The third kappa shape index (κ3) is 3.02. The Bertz CT molecular complexity index is 978. The Morgan fingerprint density at radius 1 is 1.08 bits per heavy atom. The molecule has 1 aromatic heterocycles. The number of nitrogens with one attached hydrogen (secondary N) is 2. The number of para-hydroxylation sites is 1. The van der Waals surface area contributed by atoms with Crippen LogP contribution in [-0.2, 0) is 0 Å². The number of aromatic nitrogens is 1. The average molecular weight is 375 g/mol. The Morgan fingerprint density at radius 3 is 2.75 bits per heavy atom. The van der Waals surface area contributed by atoms with E-state index in [2.05, 4.69) is 32.6 Å². The average Bonchev–Trinajstić information content (AvgIpc) is 3.03. The maximum absolute atomic E-state index is 6.02. The van der Waals surface area contributed by atoms with Crippen molar-refractivity contribution in [3.8, 4) is 0 Å². The van der Waals surface area contributed by atoms with E-state index in [1.54, 1.807) is 23.9 Å². The highest BCUT2D eigenvalue weighted by atomic mass is 35.5. The zero-order valence-corrected chi connectivity index (χ0v) is 14.7. The summed E-state index contributed by atoms with van der Waals surface area (Å²) in [5, 5.41) is 7.39. The fourth-order valence-corrected chi connectivity index (χ4v) is 3.56. The van der Waals surface area contributed by atoms with Gasteiger partial charge in [0.1, 0.15) is 0 Å². The van der Waals surface area contributed by atoms with Crippen LogP contribution < -0.4 is 5.43 Å². The van der Waals surface area contributed by atoms with Crippen molar-refractivity contribution in [3.63, 3.8) is 0 Å². The molecule has 120 valence electrons. The highest BCUT2D eigenvalue weighted by molar-refractivity contribution is 8.14. The summed E-state index contributed by atoms with van der Waals surface area (Å²) in [5.74, 6) is 0.745. The smallest absolute Gasteiger partial charge is 0.182 e. The number of rotatable bonds is 2. The Balaban J connectivity index is 1.59. The fourth-order valence-electron chi connectivity index (χ4n) is 2.49. The fraction of sp³-hybridized carbons (Fsp3) is 0.0588. The summed E-state index contributed by atoms with van der Waals surface area (Å²) in [7, 11) is 0. The molecule has 1 aliphatic heterocycles. The van der Waals surface area contributed by atoms with Gasteiger partial charge in [0.15, 0.2) is 5.17 Å². The zero-order valence-electron chi connectivity index (χ0n) is 12.4. The number of benzene rings is 2. The van der Waals surface area contributed by atoms with Crippen molar-refractivity contribution >= 4 is 62.4 Å². The molecule has 0 spiro atoms. The second kappa shape index (κ2) is 6.51. The first kappa shape index (κ1) is 15.6. The highest BCUT2D eigenvalue weighted by Crippen LogP contribution is 2.28. The van der Waals surface area contributed by atoms with E-state index in [4.69, 9.17) is 23.2 Å². The van der Waals surface area contributed by atoms with Crippen LogP contribution in [0.5, 0.6) is 0 Å². The molecule has 4 rings (SSSR count). The van der Waals surface area contributed by atoms with Crippen molar-refractivity contribution in [2.75, 3.05) is 5.75 Å². The van der Waals surface area contributed by atoms with Gasteiger partial charge in [-0.1, -0.05) is 53.2 Å². The van der Waals surface area contributed by atoms with Crippen molar-refractivity contribution in [1.82, 2.24) is 10.4 Å². The third-order valence-electron chi connectivity index (χ3n) is 3.67. The second-order valence-electron chi connectivity index (χ2n) is 5.22. The molecule has 1 aliphatic rings. The van der Waals surface area contributed by atoms with Crippen LogP contribution in [0.2, 0.25) is 10.0 Å². The van der Waals surface area contributed by atoms with Crippen molar-refractivity contribution in [2.45, 2.75) is 0 Å². The van der Waals surface area contributed by atoms with Crippen molar-refractivity contribution in [1.29, 1.82) is 0 Å². The number of thioether (sulfide) groups is 1. The zero-order chi connectivity index (χ0) is 16.5. The highest BCUT2D eigenvalue weighted by Gasteiger charge is 2.16. The molecule has 0 fully saturated rings. The molecule has 0 bridgehead atoms. The second-order valence-corrected chi connectivity index (χ2v) is 7.00. The molecule has 0 radical (unpaired) electrons. The molecule has 2 aromatic carbocycles. The lowest BCUT2D eigenvalue weighted by molar-refractivity contribution is 1.03. The molecule has 2 heterocycles. The summed E-state index contributed by atoms with van der Waals surface area (Å²) >= 11 is 13.5. The van der Waals surface area contributed by atoms with E-state index in [-0.39, 0.29) is 0 Å². The van der Waals surface area contributed by atoms with Gasteiger partial charge < -0.3 is 4.98 Å². The van der Waals surface area contributed by atoms with Gasteiger partial charge in [0.05, 0.1) is 21.4 Å². The SMILES string of the molecule is Clc1ccc(N=C2NN=C(c3c[nH]c4ccccc34)CS2)cc1Cl. The lowest BCUT2D eigenvalue weighted by atomic mass is 10.1. The number of halogens is 2. The number of H-pyrrole nitrogens is 1. The van der Waals surface area contributed by atoms with Gasteiger partial charge in [-0.3, -0.25) is 5.43 Å². The first-order valence-electron chi connectivity index (χ1n) is 7.26. The molecule has 24 heavy (non-hydrogen) atoms. The summed E-state index contributed by atoms with van der Waals surface area (Å²) in [6, 6.07) is 13.5. The number of nitrogens with zero attached hydrogens (tertiary/aromatic N) is 2. The number of fused-ring (bicyclic) bond motifs is 1. The Labute approximate surface area is 153 Å². The first-order chi connectivity index (χ1) is 11.7. The largest absolute Gasteiger partial charge is 0.360 e. The molecule has 4 nitrogen and oxygen atoms in total. The van der Waals surface area contributed by atoms with E-state index in [1.807, 2.05) is 24.4 Å². The number of hydrazone groups is 1. The van der Waals surface area contributed by atoms with E-state index in [1.165, 1.54) is 5.39 Å². The van der Waals surface area contributed by atoms with Gasteiger partial charge in [-0.25, -0.2) is 4.99 Å². The Morgan fingerprint density at radius 2 is 1.96 bits per heavy atom. The van der Waals surface area contributed by atoms with Gasteiger partial charge in [-0.05, 0) is 24.3 Å². The lowest BCUT2D eigenvalue weighted by Gasteiger charge is -2.14. The number of aromatic amines is 1. The van der Waals surface area contributed by atoms with Crippen LogP contribution in [0.1, 0.15) is 5.56 Å². The number of amidine groups is 1. The molecule has 0 saturated carbocycles. The predicted molar refractivity (Wildman–Crippen MR) is 104 cm³/mol. The molecule has 2 N–H and O–H groups in total. The van der Waals surface area contributed by atoms with Crippen LogP contribution in [-0.4, -0.2) is 21.6 Å². The number of hydrogen-bond donors (Lipinski definition) is 2. The maximum Gasteiger partial charge on any atom is 0.182 e. The maximum atomic E-state index is 6.02. The predicted octanol–water partition coefficient (Wildman–Crippen LogP) is 5.20. The molecule has 7 heteroatoms. The summed E-state index contributed by atoms with van der Waals surface area (Å²) in [6.07, 6.45) is 1.99. The van der Waals surface area contributed by atoms with Crippen LogP contribution in [0.15, 0.2) is 58.8 Å². The summed E-state index contributed by atoms with van der Waals surface area (Å²) < 4.78 is 0. The van der Waals surface area contributed by atoms with Gasteiger partial charge in [0, 0.05) is 28.4 Å². The van der Waals surface area contributed by atoms with Gasteiger partial charge in [0.25, 0.3) is 0 Å². The standard InChI is InChI=1S/C17H12Cl2N4S/c18-13-6-5-10(7-14(13)19)21-17-23-22-16(9-24-17)12-8-20-15-4-2-1-3-11(12)15/h1-8,20H,9H2,(H,21,23). The van der Waals surface area contributed by atoms with Crippen LogP contribution >= 0.6 is 35.0 Å². The molecule has 0 atom stereocenters. The summed E-state index contributed by atoms with van der Waals surface area (Å²) in [5.41, 5.74) is 6.97. The van der Waals surface area contributed by atoms with Crippen LogP contribution in [0.4, 0.5) is 5.69 Å². The Kier molecular flexibility index (Phi) is 4.22. The minimum Gasteiger partial charge on any atom is -0.360 e. The van der Waals surface area contributed by atoms with Gasteiger partial charge in [0.2, 0.25) is 0 Å². The molecular formula is C17H12Cl2N4S. The molecular weight excluding hydrogens is 363 g/mol. The van der Waals surface area contributed by atoms with Gasteiger partial charge in [-0.2, -0.15) is 5.10 Å². The van der Waals surface area contributed by atoms with Crippen LogP contribution in [0.25, 0.3) is 10.9 Å². The quantitative estimate of drug-likeness (QED) is 0.647. The Hall–Kier alpha value is -1.95. The minimum atomic E-state index is 0.488.